The Morgan fingerprint density at radius 2 is 1.76 bits per heavy atom. The molecule has 0 aliphatic carbocycles. The van der Waals surface area contributed by atoms with Crippen molar-refractivity contribution in [2.45, 2.75) is 19.8 Å². The van der Waals surface area contributed by atoms with Crippen LogP contribution in [0.1, 0.15) is 18.9 Å². The smallest absolute Gasteiger partial charge is 0.180 e. The first-order valence-electron chi connectivity index (χ1n) is 8.40. The average Bonchev–Trinajstić information content (AvgIpc) is 3.09. The van der Waals surface area contributed by atoms with Gasteiger partial charge in [-0.15, -0.1) is 11.3 Å². The van der Waals surface area contributed by atoms with Gasteiger partial charge in [-0.2, -0.15) is 0 Å². The largest absolute Gasteiger partial charge is 0.493 e. The van der Waals surface area contributed by atoms with E-state index < -0.39 is 0 Å². The first kappa shape index (κ1) is 17.3. The highest BCUT2D eigenvalue weighted by Gasteiger charge is 2.04. The molecule has 0 amide bonds. The number of nitrogens with zero attached hydrogens (tertiary/aromatic N) is 1. The standard InChI is InChI=1S/C20H22N2O2S/c1-2-15-7-9-17(10-8-15)23-11-4-12-24-18-6-3-5-16(13-18)19-14-25-20(21)22-19/h3,5-10,13-14H,2,4,11-12H2,1H3,(H2,21,22). The second kappa shape index (κ2) is 8.53. The van der Waals surface area contributed by atoms with Crippen LogP contribution in [0.2, 0.25) is 0 Å². The number of benzene rings is 2. The lowest BCUT2D eigenvalue weighted by molar-refractivity contribution is 0.247. The lowest BCUT2D eigenvalue weighted by Crippen LogP contribution is -2.05. The summed E-state index contributed by atoms with van der Waals surface area (Å²) in [6, 6.07) is 16.1. The molecular weight excluding hydrogens is 332 g/mol. The van der Waals surface area contributed by atoms with Crippen LogP contribution in [0, 0.1) is 0 Å². The van der Waals surface area contributed by atoms with Gasteiger partial charge in [0.05, 0.1) is 18.9 Å². The maximum absolute atomic E-state index is 5.81. The van der Waals surface area contributed by atoms with Crippen LogP contribution < -0.4 is 15.2 Å². The quantitative estimate of drug-likeness (QED) is 0.590. The van der Waals surface area contributed by atoms with Crippen molar-refractivity contribution in [2.24, 2.45) is 0 Å². The van der Waals surface area contributed by atoms with Crippen molar-refractivity contribution in [1.29, 1.82) is 0 Å². The van der Waals surface area contributed by atoms with Crippen LogP contribution in [0.3, 0.4) is 0 Å². The van der Waals surface area contributed by atoms with Gasteiger partial charge < -0.3 is 15.2 Å². The van der Waals surface area contributed by atoms with Crippen molar-refractivity contribution in [1.82, 2.24) is 4.98 Å². The van der Waals surface area contributed by atoms with Crippen molar-refractivity contribution in [2.75, 3.05) is 18.9 Å². The van der Waals surface area contributed by atoms with Gasteiger partial charge in [-0.1, -0.05) is 31.2 Å². The number of rotatable bonds is 8. The number of ether oxygens (including phenoxy) is 2. The second-order valence-corrected chi connectivity index (χ2v) is 6.54. The first-order valence-corrected chi connectivity index (χ1v) is 9.28. The zero-order valence-corrected chi connectivity index (χ0v) is 15.1. The number of anilines is 1. The molecule has 3 aromatic rings. The number of aryl methyl sites for hydroxylation is 1. The monoisotopic (exact) mass is 354 g/mol. The molecule has 0 radical (unpaired) electrons. The van der Waals surface area contributed by atoms with Crippen molar-refractivity contribution < 1.29 is 9.47 Å². The summed E-state index contributed by atoms with van der Waals surface area (Å²) in [5.74, 6) is 1.73. The van der Waals surface area contributed by atoms with Crippen molar-refractivity contribution >= 4 is 16.5 Å². The van der Waals surface area contributed by atoms with Crippen molar-refractivity contribution in [3.63, 3.8) is 0 Å². The fourth-order valence-corrected chi connectivity index (χ4v) is 3.00. The summed E-state index contributed by atoms with van der Waals surface area (Å²) in [7, 11) is 0. The van der Waals surface area contributed by atoms with Gasteiger partial charge in [-0.25, -0.2) is 4.98 Å². The second-order valence-electron chi connectivity index (χ2n) is 5.65. The van der Waals surface area contributed by atoms with E-state index in [2.05, 4.69) is 24.0 Å². The third kappa shape index (κ3) is 4.97. The summed E-state index contributed by atoms with van der Waals surface area (Å²) in [5.41, 5.74) is 8.90. The zero-order chi connectivity index (χ0) is 17.5. The highest BCUT2D eigenvalue weighted by molar-refractivity contribution is 7.13. The third-order valence-electron chi connectivity index (χ3n) is 3.81. The predicted octanol–water partition coefficient (Wildman–Crippen LogP) is 4.80. The van der Waals surface area contributed by atoms with Crippen molar-refractivity contribution in [3.05, 3.63) is 59.5 Å². The van der Waals surface area contributed by atoms with Gasteiger partial charge in [0.1, 0.15) is 11.5 Å². The summed E-state index contributed by atoms with van der Waals surface area (Å²) in [6.07, 6.45) is 1.87. The molecule has 1 heterocycles. The van der Waals surface area contributed by atoms with Gasteiger partial charge in [0.15, 0.2) is 5.13 Å². The third-order valence-corrected chi connectivity index (χ3v) is 4.48. The Balaban J connectivity index is 1.44. The number of hydrogen-bond acceptors (Lipinski definition) is 5. The predicted molar refractivity (Wildman–Crippen MR) is 103 cm³/mol. The summed E-state index contributed by atoms with van der Waals surface area (Å²) >= 11 is 1.44. The molecule has 0 saturated carbocycles. The van der Waals surface area contributed by atoms with E-state index in [-0.39, 0.29) is 0 Å². The Morgan fingerprint density at radius 3 is 2.44 bits per heavy atom. The van der Waals surface area contributed by atoms with Gasteiger partial charge in [-0.3, -0.25) is 0 Å². The molecular formula is C20H22N2O2S. The molecule has 0 spiro atoms. The Bertz CT molecular complexity index is 799. The van der Waals surface area contributed by atoms with E-state index in [0.717, 1.165) is 35.6 Å². The van der Waals surface area contributed by atoms with E-state index in [1.165, 1.54) is 16.9 Å². The SMILES string of the molecule is CCc1ccc(OCCCOc2cccc(-c3csc(N)n3)c2)cc1. The number of hydrogen-bond donors (Lipinski definition) is 1. The minimum atomic E-state index is 0.574. The van der Waals surface area contributed by atoms with E-state index >= 15 is 0 Å². The zero-order valence-electron chi connectivity index (χ0n) is 14.3. The van der Waals surface area contributed by atoms with Gasteiger partial charge in [0, 0.05) is 17.4 Å². The van der Waals surface area contributed by atoms with Gasteiger partial charge in [0.2, 0.25) is 0 Å². The minimum absolute atomic E-state index is 0.574. The molecule has 0 aliphatic heterocycles. The molecule has 0 atom stereocenters. The van der Waals surface area contributed by atoms with Crippen LogP contribution in [-0.4, -0.2) is 18.2 Å². The fraction of sp³-hybridized carbons (Fsp3) is 0.250. The van der Waals surface area contributed by atoms with Gasteiger partial charge in [0.25, 0.3) is 0 Å². The molecule has 2 aromatic carbocycles. The van der Waals surface area contributed by atoms with Crippen LogP contribution in [-0.2, 0) is 6.42 Å². The first-order chi connectivity index (χ1) is 12.2. The molecule has 2 N–H and O–H groups in total. The highest BCUT2D eigenvalue weighted by Crippen LogP contribution is 2.26. The van der Waals surface area contributed by atoms with E-state index in [1.54, 1.807) is 0 Å². The molecule has 4 nitrogen and oxygen atoms in total. The molecule has 3 rings (SSSR count). The fourth-order valence-electron chi connectivity index (χ4n) is 2.43. The Hall–Kier alpha value is -2.53. The highest BCUT2D eigenvalue weighted by atomic mass is 32.1. The maximum Gasteiger partial charge on any atom is 0.180 e. The Labute approximate surface area is 152 Å². The lowest BCUT2D eigenvalue weighted by atomic mass is 10.2. The number of thiazole rings is 1. The summed E-state index contributed by atoms with van der Waals surface area (Å²) in [5, 5.41) is 2.52. The molecule has 0 fully saturated rings. The van der Waals surface area contributed by atoms with Crippen LogP contribution in [0.25, 0.3) is 11.3 Å². The summed E-state index contributed by atoms with van der Waals surface area (Å²) in [6.45, 7) is 3.38. The molecule has 25 heavy (non-hydrogen) atoms. The Morgan fingerprint density at radius 1 is 1.00 bits per heavy atom. The molecule has 0 aliphatic rings. The molecule has 0 saturated heterocycles. The lowest BCUT2D eigenvalue weighted by Gasteiger charge is -2.09. The van der Waals surface area contributed by atoms with Crippen LogP contribution in [0.5, 0.6) is 11.5 Å². The van der Waals surface area contributed by atoms with Gasteiger partial charge >= 0.3 is 0 Å². The molecule has 1 aromatic heterocycles. The summed E-state index contributed by atoms with van der Waals surface area (Å²) < 4.78 is 11.6. The summed E-state index contributed by atoms with van der Waals surface area (Å²) in [4.78, 5) is 4.30. The van der Waals surface area contributed by atoms with Crippen LogP contribution in [0.4, 0.5) is 5.13 Å². The number of aromatic nitrogens is 1. The van der Waals surface area contributed by atoms with Crippen LogP contribution in [0.15, 0.2) is 53.9 Å². The van der Waals surface area contributed by atoms with E-state index in [9.17, 15) is 0 Å². The topological polar surface area (TPSA) is 57.4 Å². The molecule has 130 valence electrons. The normalized spacial score (nSPS) is 10.6. The average molecular weight is 354 g/mol. The van der Waals surface area contributed by atoms with E-state index in [0.29, 0.717) is 18.3 Å². The molecule has 0 bridgehead atoms. The number of nitrogens with two attached hydrogens (primary N) is 1. The maximum atomic E-state index is 5.81. The minimum Gasteiger partial charge on any atom is -0.493 e. The van der Waals surface area contributed by atoms with Crippen LogP contribution >= 0.6 is 11.3 Å². The van der Waals surface area contributed by atoms with Gasteiger partial charge in [-0.05, 0) is 36.2 Å². The number of nitrogen functional groups attached to an aromatic ring is 1. The van der Waals surface area contributed by atoms with E-state index in [1.807, 2.05) is 41.8 Å². The van der Waals surface area contributed by atoms with Crippen molar-refractivity contribution in [3.8, 4) is 22.8 Å². The molecule has 0 unspecified atom stereocenters. The van der Waals surface area contributed by atoms with E-state index in [4.69, 9.17) is 15.2 Å². The molecule has 5 heteroatoms. The Kier molecular flexibility index (Phi) is 5.90.